The van der Waals surface area contributed by atoms with Crippen LogP contribution in [0.1, 0.15) is 40.7 Å². The standard InChI is InChI=1S/C25H24N4O2/c1-2-14-31-23-11-7-6-10-20(23)17-26-29-25(30)19-12-13-21-22(16-19)28-24(27-21)15-18-8-4-3-5-9-18/h3-13,16-17H,2,14-15H2,1H3,(H,27,28)(H,29,30)/b26-17-. The molecule has 4 rings (SSSR count). The molecule has 0 aliphatic carbocycles. The Morgan fingerprint density at radius 2 is 1.90 bits per heavy atom. The summed E-state index contributed by atoms with van der Waals surface area (Å²) in [4.78, 5) is 20.5. The van der Waals surface area contributed by atoms with E-state index >= 15 is 0 Å². The molecule has 156 valence electrons. The molecule has 1 amide bonds. The van der Waals surface area contributed by atoms with Gasteiger partial charge in [-0.25, -0.2) is 10.4 Å². The van der Waals surface area contributed by atoms with E-state index in [-0.39, 0.29) is 5.91 Å². The molecule has 0 aliphatic rings. The number of para-hydroxylation sites is 1. The van der Waals surface area contributed by atoms with Crippen LogP contribution in [0.15, 0.2) is 77.9 Å². The van der Waals surface area contributed by atoms with Crippen LogP contribution in [0.25, 0.3) is 11.0 Å². The number of ether oxygens (including phenoxy) is 1. The van der Waals surface area contributed by atoms with Gasteiger partial charge in [0.25, 0.3) is 5.91 Å². The summed E-state index contributed by atoms with van der Waals surface area (Å²) in [7, 11) is 0. The maximum Gasteiger partial charge on any atom is 0.271 e. The van der Waals surface area contributed by atoms with Gasteiger partial charge in [-0.1, -0.05) is 49.4 Å². The number of hydrogen-bond acceptors (Lipinski definition) is 4. The van der Waals surface area contributed by atoms with Gasteiger partial charge in [-0.05, 0) is 42.3 Å². The van der Waals surface area contributed by atoms with E-state index in [1.165, 1.54) is 5.56 Å². The summed E-state index contributed by atoms with van der Waals surface area (Å²) in [6, 6.07) is 23.1. The first-order chi connectivity index (χ1) is 15.2. The van der Waals surface area contributed by atoms with Crippen molar-refractivity contribution >= 4 is 23.2 Å². The van der Waals surface area contributed by atoms with Crippen molar-refractivity contribution in [3.05, 3.63) is 95.3 Å². The van der Waals surface area contributed by atoms with Crippen molar-refractivity contribution in [2.45, 2.75) is 19.8 Å². The van der Waals surface area contributed by atoms with Gasteiger partial charge in [-0.15, -0.1) is 0 Å². The van der Waals surface area contributed by atoms with E-state index < -0.39 is 0 Å². The number of aromatic nitrogens is 2. The maximum atomic E-state index is 12.5. The van der Waals surface area contributed by atoms with Crippen molar-refractivity contribution in [1.29, 1.82) is 0 Å². The first-order valence-electron chi connectivity index (χ1n) is 10.3. The number of carbonyl (C=O) groups is 1. The highest BCUT2D eigenvalue weighted by molar-refractivity contribution is 5.98. The van der Waals surface area contributed by atoms with Crippen LogP contribution >= 0.6 is 0 Å². The molecule has 0 atom stereocenters. The van der Waals surface area contributed by atoms with Gasteiger partial charge in [0.05, 0.1) is 23.9 Å². The van der Waals surface area contributed by atoms with Crippen LogP contribution in [-0.4, -0.2) is 28.7 Å². The van der Waals surface area contributed by atoms with Crippen molar-refractivity contribution < 1.29 is 9.53 Å². The number of hydrazone groups is 1. The van der Waals surface area contributed by atoms with Crippen LogP contribution in [0.4, 0.5) is 0 Å². The smallest absolute Gasteiger partial charge is 0.271 e. The SMILES string of the molecule is CCCOc1ccccc1/C=N\NC(=O)c1ccc2nc(Cc3ccccc3)[nH]c2c1. The summed E-state index contributed by atoms with van der Waals surface area (Å²) in [5, 5.41) is 4.10. The van der Waals surface area contributed by atoms with Gasteiger partial charge in [-0.2, -0.15) is 5.10 Å². The molecule has 1 heterocycles. The lowest BCUT2D eigenvalue weighted by Gasteiger charge is -2.07. The number of H-pyrrole nitrogens is 1. The highest BCUT2D eigenvalue weighted by atomic mass is 16.5. The second-order valence-corrected chi connectivity index (χ2v) is 7.16. The average Bonchev–Trinajstić information content (AvgIpc) is 3.20. The van der Waals surface area contributed by atoms with Crippen molar-refractivity contribution in [3.63, 3.8) is 0 Å². The number of hydrogen-bond donors (Lipinski definition) is 2. The molecule has 0 saturated carbocycles. The third kappa shape index (κ3) is 5.17. The van der Waals surface area contributed by atoms with E-state index in [0.29, 0.717) is 18.6 Å². The molecule has 0 saturated heterocycles. The lowest BCUT2D eigenvalue weighted by atomic mass is 10.1. The van der Waals surface area contributed by atoms with Gasteiger partial charge in [0.2, 0.25) is 0 Å². The topological polar surface area (TPSA) is 79.4 Å². The second-order valence-electron chi connectivity index (χ2n) is 7.16. The molecule has 0 unspecified atom stereocenters. The summed E-state index contributed by atoms with van der Waals surface area (Å²) in [6.07, 6.45) is 3.22. The maximum absolute atomic E-state index is 12.5. The fourth-order valence-corrected chi connectivity index (χ4v) is 3.23. The molecule has 0 bridgehead atoms. The highest BCUT2D eigenvalue weighted by Gasteiger charge is 2.09. The number of aromatic amines is 1. The fraction of sp³-hybridized carbons (Fsp3) is 0.160. The zero-order valence-corrected chi connectivity index (χ0v) is 17.3. The number of nitrogens with one attached hydrogen (secondary N) is 2. The third-order valence-corrected chi connectivity index (χ3v) is 4.76. The number of benzene rings is 3. The van der Waals surface area contributed by atoms with Crippen LogP contribution in [0.2, 0.25) is 0 Å². The molecule has 6 heteroatoms. The molecular formula is C25H24N4O2. The summed E-state index contributed by atoms with van der Waals surface area (Å²) in [5.74, 6) is 1.32. The first-order valence-corrected chi connectivity index (χ1v) is 10.3. The fourth-order valence-electron chi connectivity index (χ4n) is 3.23. The Bertz CT molecular complexity index is 1200. The quantitative estimate of drug-likeness (QED) is 0.325. The molecule has 0 aliphatic heterocycles. The monoisotopic (exact) mass is 412 g/mol. The van der Waals surface area contributed by atoms with Crippen LogP contribution in [0, 0.1) is 0 Å². The van der Waals surface area contributed by atoms with E-state index in [1.54, 1.807) is 18.3 Å². The summed E-state index contributed by atoms with van der Waals surface area (Å²) >= 11 is 0. The van der Waals surface area contributed by atoms with Crippen LogP contribution in [0.3, 0.4) is 0 Å². The van der Waals surface area contributed by atoms with Gasteiger partial charge in [0.15, 0.2) is 0 Å². The molecular weight excluding hydrogens is 388 g/mol. The molecule has 0 fully saturated rings. The van der Waals surface area contributed by atoms with Gasteiger partial charge in [-0.3, -0.25) is 4.79 Å². The van der Waals surface area contributed by atoms with Crippen molar-refractivity contribution in [3.8, 4) is 5.75 Å². The molecule has 6 nitrogen and oxygen atoms in total. The number of imidazole rings is 1. The Morgan fingerprint density at radius 1 is 1.10 bits per heavy atom. The van der Waals surface area contributed by atoms with Gasteiger partial charge >= 0.3 is 0 Å². The predicted octanol–water partition coefficient (Wildman–Crippen LogP) is 4.71. The van der Waals surface area contributed by atoms with Crippen molar-refractivity contribution in [2.75, 3.05) is 6.61 Å². The molecule has 4 aromatic rings. The number of amides is 1. The Labute approximate surface area is 181 Å². The number of fused-ring (bicyclic) bond motifs is 1. The highest BCUT2D eigenvalue weighted by Crippen LogP contribution is 2.17. The van der Waals surface area contributed by atoms with E-state index in [1.807, 2.05) is 48.5 Å². The van der Waals surface area contributed by atoms with Gasteiger partial charge in [0.1, 0.15) is 11.6 Å². The molecule has 0 spiro atoms. The minimum atomic E-state index is -0.288. The largest absolute Gasteiger partial charge is 0.493 e. The summed E-state index contributed by atoms with van der Waals surface area (Å²) < 4.78 is 5.71. The van der Waals surface area contributed by atoms with E-state index in [2.05, 4.69) is 39.6 Å². The summed E-state index contributed by atoms with van der Waals surface area (Å²) in [5.41, 5.74) is 6.73. The Balaban J connectivity index is 1.44. The molecule has 1 aromatic heterocycles. The normalized spacial score (nSPS) is 11.1. The molecule has 31 heavy (non-hydrogen) atoms. The number of carbonyl (C=O) groups excluding carboxylic acids is 1. The zero-order valence-electron chi connectivity index (χ0n) is 17.3. The third-order valence-electron chi connectivity index (χ3n) is 4.76. The van der Waals surface area contributed by atoms with Crippen LogP contribution < -0.4 is 10.2 Å². The Morgan fingerprint density at radius 3 is 2.74 bits per heavy atom. The van der Waals surface area contributed by atoms with E-state index in [9.17, 15) is 4.79 Å². The second kappa shape index (κ2) is 9.71. The summed E-state index contributed by atoms with van der Waals surface area (Å²) in [6.45, 7) is 2.69. The van der Waals surface area contributed by atoms with E-state index in [0.717, 1.165) is 34.6 Å². The lowest BCUT2D eigenvalue weighted by Crippen LogP contribution is -2.17. The zero-order chi connectivity index (χ0) is 21.5. The minimum Gasteiger partial charge on any atom is -0.493 e. The number of rotatable bonds is 8. The molecule has 0 radical (unpaired) electrons. The van der Waals surface area contributed by atoms with Crippen LogP contribution in [-0.2, 0) is 6.42 Å². The van der Waals surface area contributed by atoms with E-state index in [4.69, 9.17) is 4.74 Å². The van der Waals surface area contributed by atoms with Crippen molar-refractivity contribution in [1.82, 2.24) is 15.4 Å². The predicted molar refractivity (Wildman–Crippen MR) is 123 cm³/mol. The first kappa shape index (κ1) is 20.3. The lowest BCUT2D eigenvalue weighted by molar-refractivity contribution is 0.0955. The van der Waals surface area contributed by atoms with Crippen molar-refractivity contribution in [2.24, 2.45) is 5.10 Å². The van der Waals surface area contributed by atoms with Gasteiger partial charge < -0.3 is 9.72 Å². The number of nitrogens with zero attached hydrogens (tertiary/aromatic N) is 2. The van der Waals surface area contributed by atoms with Gasteiger partial charge in [0, 0.05) is 17.5 Å². The minimum absolute atomic E-state index is 0.288. The Hall–Kier alpha value is -3.93. The molecule has 3 aromatic carbocycles. The van der Waals surface area contributed by atoms with Crippen LogP contribution in [0.5, 0.6) is 5.75 Å². The Kier molecular flexibility index (Phi) is 6.38. The molecule has 2 N–H and O–H groups in total. The average molecular weight is 412 g/mol.